The third-order valence-electron chi connectivity index (χ3n) is 11.1. The van der Waals surface area contributed by atoms with Crippen LogP contribution in [0.4, 0.5) is 17.1 Å². The normalized spacial score (nSPS) is 11.5. The lowest BCUT2D eigenvalue weighted by atomic mass is 9.87. The van der Waals surface area contributed by atoms with Crippen molar-refractivity contribution in [3.05, 3.63) is 212 Å². The zero-order chi connectivity index (χ0) is 37.7. The smallest absolute Gasteiger partial charge is 0.0546 e. The maximum absolute atomic E-state index is 2.47. The summed E-state index contributed by atoms with van der Waals surface area (Å²) >= 11 is 3.72. The predicted molar refractivity (Wildman–Crippen MR) is 249 cm³/mol. The molecule has 0 spiro atoms. The van der Waals surface area contributed by atoms with Crippen molar-refractivity contribution in [1.29, 1.82) is 0 Å². The number of rotatable bonds is 7. The number of benzene rings is 9. The monoisotopic (exact) mass is 761 g/mol. The minimum absolute atomic E-state index is 1.10. The minimum atomic E-state index is 1.10. The first kappa shape index (κ1) is 33.5. The SMILES string of the molecule is c1ccc(-c2ccccc2-c2c(-c3ccccc3)cccc2N(c2ccc(-c3ccc4c(c3)sc3ccccc34)cc2)c2ccc3sc4ccccc4c3c2)cc1. The average Bonchev–Trinajstić information content (AvgIpc) is 3.85. The Hall–Kier alpha value is -6.78. The summed E-state index contributed by atoms with van der Waals surface area (Å²) in [5, 5.41) is 5.21. The summed E-state index contributed by atoms with van der Waals surface area (Å²) in [6.45, 7) is 0. The van der Waals surface area contributed by atoms with Gasteiger partial charge in [-0.1, -0.05) is 158 Å². The summed E-state index contributed by atoms with van der Waals surface area (Å²) in [5.74, 6) is 0. The number of fused-ring (bicyclic) bond motifs is 6. The first-order chi connectivity index (χ1) is 28.3. The van der Waals surface area contributed by atoms with Gasteiger partial charge in [0.25, 0.3) is 0 Å². The largest absolute Gasteiger partial charge is 0.310 e. The van der Waals surface area contributed by atoms with Crippen molar-refractivity contribution in [2.45, 2.75) is 0 Å². The summed E-state index contributed by atoms with van der Waals surface area (Å²) in [5.41, 5.74) is 12.9. The number of nitrogens with zero attached hydrogens (tertiary/aromatic N) is 1. The van der Waals surface area contributed by atoms with Gasteiger partial charge in [-0.05, 0) is 93.5 Å². The van der Waals surface area contributed by atoms with Crippen LogP contribution in [0.25, 0.3) is 84.9 Å². The van der Waals surface area contributed by atoms with E-state index >= 15 is 0 Å². The van der Waals surface area contributed by atoms with Crippen LogP contribution in [0.2, 0.25) is 0 Å². The van der Waals surface area contributed by atoms with Crippen molar-refractivity contribution in [1.82, 2.24) is 0 Å². The molecular weight excluding hydrogens is 727 g/mol. The van der Waals surface area contributed by atoms with Gasteiger partial charge in [0.2, 0.25) is 0 Å². The molecule has 0 N–H and O–H groups in total. The number of anilines is 3. The Morgan fingerprint density at radius 1 is 0.281 bits per heavy atom. The molecule has 3 heteroatoms. The van der Waals surface area contributed by atoms with Gasteiger partial charge in [0.1, 0.15) is 0 Å². The van der Waals surface area contributed by atoms with E-state index in [1.165, 1.54) is 84.9 Å². The van der Waals surface area contributed by atoms with Crippen molar-refractivity contribution in [3.8, 4) is 44.5 Å². The van der Waals surface area contributed by atoms with Crippen LogP contribution in [0.1, 0.15) is 0 Å². The molecule has 2 aromatic heterocycles. The van der Waals surface area contributed by atoms with Crippen molar-refractivity contribution in [2.75, 3.05) is 4.90 Å². The topological polar surface area (TPSA) is 3.24 Å². The van der Waals surface area contributed by atoms with E-state index in [-0.39, 0.29) is 0 Å². The summed E-state index contributed by atoms with van der Waals surface area (Å²) in [6.07, 6.45) is 0. The molecule has 11 aromatic rings. The third-order valence-corrected chi connectivity index (χ3v) is 13.4. The molecule has 0 unspecified atom stereocenters. The third kappa shape index (κ3) is 5.91. The standard InChI is InChI=1S/C54H35NS2/c1-3-14-37(15-4-1)42-18-7-8-21-47(42)54-43(38-16-5-2-6-17-38)22-13-23-49(54)55(41-31-33-52-48(35-41)45-20-10-12-25-51(45)56-52)40-29-26-36(27-30-40)39-28-32-46-44-19-9-11-24-50(44)57-53(46)34-39/h1-35H. The Balaban J connectivity index is 1.14. The molecular formula is C54H35NS2. The fourth-order valence-electron chi connectivity index (χ4n) is 8.43. The average molecular weight is 762 g/mol. The molecule has 268 valence electrons. The van der Waals surface area contributed by atoms with E-state index in [0.717, 1.165) is 17.1 Å². The van der Waals surface area contributed by atoms with Crippen molar-refractivity contribution >= 4 is 80.1 Å². The number of thiophene rings is 2. The summed E-state index contributed by atoms with van der Waals surface area (Å²) in [6, 6.07) is 77.8. The molecule has 2 heterocycles. The van der Waals surface area contributed by atoms with Crippen LogP contribution in [0, 0.1) is 0 Å². The van der Waals surface area contributed by atoms with Gasteiger partial charge in [-0.3, -0.25) is 0 Å². The molecule has 57 heavy (non-hydrogen) atoms. The van der Waals surface area contributed by atoms with Gasteiger partial charge in [-0.15, -0.1) is 22.7 Å². The van der Waals surface area contributed by atoms with Crippen LogP contribution in [-0.4, -0.2) is 0 Å². The van der Waals surface area contributed by atoms with Gasteiger partial charge >= 0.3 is 0 Å². The molecule has 1 nitrogen and oxygen atoms in total. The van der Waals surface area contributed by atoms with Gasteiger partial charge in [0, 0.05) is 57.3 Å². The van der Waals surface area contributed by atoms with Crippen LogP contribution in [0.5, 0.6) is 0 Å². The Labute approximate surface area is 340 Å². The highest BCUT2D eigenvalue weighted by atomic mass is 32.1. The zero-order valence-electron chi connectivity index (χ0n) is 31.0. The first-order valence-corrected chi connectivity index (χ1v) is 21.0. The van der Waals surface area contributed by atoms with Gasteiger partial charge in [0.15, 0.2) is 0 Å². The second kappa shape index (κ2) is 14.1. The lowest BCUT2D eigenvalue weighted by Crippen LogP contribution is -2.12. The van der Waals surface area contributed by atoms with E-state index in [9.17, 15) is 0 Å². The van der Waals surface area contributed by atoms with E-state index < -0.39 is 0 Å². The maximum atomic E-state index is 2.47. The highest BCUT2D eigenvalue weighted by Gasteiger charge is 2.23. The second-order valence-corrected chi connectivity index (χ2v) is 16.6. The quantitative estimate of drug-likeness (QED) is 0.156. The van der Waals surface area contributed by atoms with Crippen LogP contribution in [0.3, 0.4) is 0 Å². The van der Waals surface area contributed by atoms with Crippen molar-refractivity contribution in [2.24, 2.45) is 0 Å². The Kier molecular flexibility index (Phi) is 8.28. The molecule has 0 saturated carbocycles. The Bertz CT molecular complexity index is 3230. The fraction of sp³-hybridized carbons (Fsp3) is 0. The zero-order valence-corrected chi connectivity index (χ0v) is 32.6. The summed E-state index contributed by atoms with van der Waals surface area (Å²) < 4.78 is 5.24. The van der Waals surface area contributed by atoms with Gasteiger partial charge < -0.3 is 4.90 Å². The van der Waals surface area contributed by atoms with Gasteiger partial charge in [0.05, 0.1) is 5.69 Å². The molecule has 0 atom stereocenters. The summed E-state index contributed by atoms with van der Waals surface area (Å²) in [4.78, 5) is 2.47. The van der Waals surface area contributed by atoms with Crippen LogP contribution in [-0.2, 0) is 0 Å². The molecule has 0 saturated heterocycles. The molecule has 0 aliphatic heterocycles. The van der Waals surface area contributed by atoms with E-state index in [4.69, 9.17) is 0 Å². The predicted octanol–water partition coefficient (Wildman–Crippen LogP) is 16.6. The van der Waals surface area contributed by atoms with E-state index in [1.807, 2.05) is 22.7 Å². The maximum Gasteiger partial charge on any atom is 0.0546 e. The Morgan fingerprint density at radius 2 is 0.807 bits per heavy atom. The van der Waals surface area contributed by atoms with E-state index in [0.29, 0.717) is 0 Å². The highest BCUT2D eigenvalue weighted by Crippen LogP contribution is 2.49. The molecule has 11 rings (SSSR count). The second-order valence-electron chi connectivity index (χ2n) is 14.4. The minimum Gasteiger partial charge on any atom is -0.310 e. The van der Waals surface area contributed by atoms with Crippen LogP contribution in [0.15, 0.2) is 212 Å². The molecule has 0 aliphatic rings. The van der Waals surface area contributed by atoms with Gasteiger partial charge in [-0.25, -0.2) is 0 Å². The molecule has 0 amide bonds. The number of hydrogen-bond acceptors (Lipinski definition) is 3. The Morgan fingerprint density at radius 3 is 1.54 bits per heavy atom. The van der Waals surface area contributed by atoms with Crippen LogP contribution >= 0.6 is 22.7 Å². The molecule has 0 fully saturated rings. The molecule has 0 bridgehead atoms. The van der Waals surface area contributed by atoms with Crippen molar-refractivity contribution in [3.63, 3.8) is 0 Å². The number of hydrogen-bond donors (Lipinski definition) is 0. The van der Waals surface area contributed by atoms with Gasteiger partial charge in [-0.2, -0.15) is 0 Å². The fourth-order valence-corrected chi connectivity index (χ4v) is 10.7. The highest BCUT2D eigenvalue weighted by molar-refractivity contribution is 7.26. The van der Waals surface area contributed by atoms with Crippen molar-refractivity contribution < 1.29 is 0 Å². The lowest BCUT2D eigenvalue weighted by molar-refractivity contribution is 1.29. The first-order valence-electron chi connectivity index (χ1n) is 19.3. The summed E-state index contributed by atoms with van der Waals surface area (Å²) in [7, 11) is 0. The molecule has 0 radical (unpaired) electrons. The molecule has 9 aromatic carbocycles. The van der Waals surface area contributed by atoms with E-state index in [2.05, 4.69) is 217 Å². The van der Waals surface area contributed by atoms with Crippen LogP contribution < -0.4 is 4.90 Å². The molecule has 0 aliphatic carbocycles. The van der Waals surface area contributed by atoms with E-state index in [1.54, 1.807) is 0 Å². The lowest BCUT2D eigenvalue weighted by Gasteiger charge is -2.30.